The number of nitrogen functional groups attached to an aromatic ring is 1. The molecule has 2 aromatic rings. The van der Waals surface area contributed by atoms with E-state index in [1.807, 2.05) is 0 Å². The fourth-order valence-electron chi connectivity index (χ4n) is 1.48. The minimum atomic E-state index is -0.506. The van der Waals surface area contributed by atoms with Crippen LogP contribution in [0.5, 0.6) is 11.6 Å². The number of hydrogen-bond acceptors (Lipinski definition) is 5. The normalized spacial score (nSPS) is 10.2. The smallest absolute Gasteiger partial charge is 0.271 e. The molecule has 0 aliphatic carbocycles. The zero-order chi connectivity index (χ0) is 15.6. The molecule has 0 atom stereocenters. The van der Waals surface area contributed by atoms with Crippen LogP contribution in [0.3, 0.4) is 0 Å². The number of nitro benzene ring substituents is 1. The van der Waals surface area contributed by atoms with Crippen molar-refractivity contribution in [3.05, 3.63) is 55.1 Å². The van der Waals surface area contributed by atoms with Gasteiger partial charge < -0.3 is 10.5 Å². The summed E-state index contributed by atoms with van der Waals surface area (Å²) in [5.74, 6) is 0.383. The maximum Gasteiger partial charge on any atom is 0.271 e. The average Bonchev–Trinajstić information content (AvgIpc) is 2.42. The van der Waals surface area contributed by atoms with Crippen molar-refractivity contribution < 1.29 is 9.66 Å². The van der Waals surface area contributed by atoms with E-state index >= 15 is 0 Å². The summed E-state index contributed by atoms with van der Waals surface area (Å²) in [5.41, 5.74) is 5.56. The minimum absolute atomic E-state index is 0.0773. The van der Waals surface area contributed by atoms with Gasteiger partial charge in [-0.25, -0.2) is 4.98 Å². The summed E-state index contributed by atoms with van der Waals surface area (Å²) in [4.78, 5) is 14.3. The SMILES string of the molecule is N=C(N)c1cccc(Oc2c(Br)cc([N+](=O)[O-])cc2Br)n1. The quantitative estimate of drug-likeness (QED) is 0.342. The fraction of sp³-hybridized carbons (Fsp3) is 0. The van der Waals surface area contributed by atoms with Gasteiger partial charge in [0.2, 0.25) is 5.88 Å². The van der Waals surface area contributed by atoms with Gasteiger partial charge in [-0.2, -0.15) is 0 Å². The molecule has 0 unspecified atom stereocenters. The molecule has 9 heteroatoms. The third-order valence-electron chi connectivity index (χ3n) is 2.40. The lowest BCUT2D eigenvalue weighted by atomic mass is 10.3. The van der Waals surface area contributed by atoms with Gasteiger partial charge in [0.1, 0.15) is 11.5 Å². The highest BCUT2D eigenvalue weighted by molar-refractivity contribution is 9.11. The molecule has 1 aromatic carbocycles. The van der Waals surface area contributed by atoms with Crippen molar-refractivity contribution in [2.45, 2.75) is 0 Å². The second-order valence-corrected chi connectivity index (χ2v) is 5.58. The third kappa shape index (κ3) is 3.56. The Morgan fingerprint density at radius 2 is 1.95 bits per heavy atom. The Morgan fingerprint density at radius 1 is 1.33 bits per heavy atom. The highest BCUT2D eigenvalue weighted by Gasteiger charge is 2.16. The summed E-state index contributed by atoms with van der Waals surface area (Å²) in [6.07, 6.45) is 0. The maximum atomic E-state index is 10.8. The van der Waals surface area contributed by atoms with Crippen molar-refractivity contribution in [1.29, 1.82) is 5.41 Å². The van der Waals surface area contributed by atoms with E-state index in [1.54, 1.807) is 18.2 Å². The van der Waals surface area contributed by atoms with Crippen LogP contribution in [0, 0.1) is 15.5 Å². The molecule has 0 saturated heterocycles. The molecule has 3 N–H and O–H groups in total. The highest BCUT2D eigenvalue weighted by Crippen LogP contribution is 2.39. The molecule has 0 aliphatic heterocycles. The zero-order valence-corrected chi connectivity index (χ0v) is 13.5. The van der Waals surface area contributed by atoms with Crippen molar-refractivity contribution in [1.82, 2.24) is 4.98 Å². The van der Waals surface area contributed by atoms with Crippen LogP contribution in [0.4, 0.5) is 5.69 Å². The van der Waals surface area contributed by atoms with Gasteiger partial charge in [-0.05, 0) is 37.9 Å². The van der Waals surface area contributed by atoms with Gasteiger partial charge in [-0.3, -0.25) is 15.5 Å². The van der Waals surface area contributed by atoms with Gasteiger partial charge in [0.05, 0.1) is 13.9 Å². The molecule has 7 nitrogen and oxygen atoms in total. The number of hydrogen-bond donors (Lipinski definition) is 2. The number of aromatic nitrogens is 1. The Kier molecular flexibility index (Phi) is 4.53. The molecule has 108 valence electrons. The molecule has 21 heavy (non-hydrogen) atoms. The number of nitro groups is 1. The summed E-state index contributed by atoms with van der Waals surface area (Å²) in [6.45, 7) is 0. The zero-order valence-electron chi connectivity index (χ0n) is 10.3. The largest absolute Gasteiger partial charge is 0.437 e. The van der Waals surface area contributed by atoms with Gasteiger partial charge in [0, 0.05) is 18.2 Å². The van der Waals surface area contributed by atoms with Gasteiger partial charge in [0.25, 0.3) is 5.69 Å². The van der Waals surface area contributed by atoms with Crippen LogP contribution in [0.25, 0.3) is 0 Å². The van der Waals surface area contributed by atoms with E-state index in [1.165, 1.54) is 12.1 Å². The predicted molar refractivity (Wildman–Crippen MR) is 83.8 cm³/mol. The predicted octanol–water partition coefficient (Wildman–Crippen LogP) is 3.59. The molecule has 0 spiro atoms. The number of pyridine rings is 1. The number of nitrogens with zero attached hydrogens (tertiary/aromatic N) is 2. The Hall–Kier alpha value is -2.00. The lowest BCUT2D eigenvalue weighted by Gasteiger charge is -2.09. The van der Waals surface area contributed by atoms with Gasteiger partial charge in [-0.1, -0.05) is 6.07 Å². The molecule has 0 aliphatic rings. The number of benzene rings is 1. The summed E-state index contributed by atoms with van der Waals surface area (Å²) < 4.78 is 6.39. The highest BCUT2D eigenvalue weighted by atomic mass is 79.9. The third-order valence-corrected chi connectivity index (χ3v) is 3.58. The Morgan fingerprint density at radius 3 is 2.48 bits per heavy atom. The van der Waals surface area contributed by atoms with E-state index in [2.05, 4.69) is 36.8 Å². The molecule has 0 fully saturated rings. The monoisotopic (exact) mass is 414 g/mol. The van der Waals surface area contributed by atoms with Crippen molar-refractivity contribution >= 4 is 43.4 Å². The van der Waals surface area contributed by atoms with E-state index in [-0.39, 0.29) is 23.1 Å². The number of amidine groups is 1. The van der Waals surface area contributed by atoms with Crippen molar-refractivity contribution in [3.63, 3.8) is 0 Å². The van der Waals surface area contributed by atoms with Crippen LogP contribution in [-0.2, 0) is 0 Å². The van der Waals surface area contributed by atoms with Crippen LogP contribution >= 0.6 is 31.9 Å². The first-order chi connectivity index (χ1) is 9.88. The topological polar surface area (TPSA) is 115 Å². The second-order valence-electron chi connectivity index (χ2n) is 3.87. The number of halogens is 2. The summed E-state index contributed by atoms with van der Waals surface area (Å²) in [6, 6.07) is 7.47. The Balaban J connectivity index is 2.38. The van der Waals surface area contributed by atoms with Crippen molar-refractivity contribution in [3.8, 4) is 11.6 Å². The lowest BCUT2D eigenvalue weighted by Crippen LogP contribution is -2.13. The van der Waals surface area contributed by atoms with E-state index in [0.29, 0.717) is 14.7 Å². The van der Waals surface area contributed by atoms with Gasteiger partial charge in [0.15, 0.2) is 5.75 Å². The van der Waals surface area contributed by atoms with E-state index in [0.717, 1.165) is 0 Å². The van der Waals surface area contributed by atoms with Gasteiger partial charge >= 0.3 is 0 Å². The van der Waals surface area contributed by atoms with E-state index in [9.17, 15) is 10.1 Å². The average molecular weight is 416 g/mol. The van der Waals surface area contributed by atoms with Crippen LogP contribution in [0.1, 0.15) is 5.69 Å². The molecule has 1 aromatic heterocycles. The van der Waals surface area contributed by atoms with Crippen LogP contribution in [0.2, 0.25) is 0 Å². The molecule has 1 heterocycles. The van der Waals surface area contributed by atoms with Crippen LogP contribution in [-0.4, -0.2) is 15.7 Å². The molecular formula is C12H8Br2N4O3. The van der Waals surface area contributed by atoms with Crippen molar-refractivity contribution in [2.24, 2.45) is 5.73 Å². The van der Waals surface area contributed by atoms with E-state index < -0.39 is 4.92 Å². The van der Waals surface area contributed by atoms with Crippen molar-refractivity contribution in [2.75, 3.05) is 0 Å². The van der Waals surface area contributed by atoms with Crippen LogP contribution in [0.15, 0.2) is 39.3 Å². The molecule has 0 saturated carbocycles. The first kappa shape index (κ1) is 15.4. The Bertz CT molecular complexity index is 713. The number of rotatable bonds is 4. The number of ether oxygens (including phenoxy) is 1. The Labute approximate surface area is 136 Å². The number of non-ortho nitro benzene ring substituents is 1. The number of nitrogens with one attached hydrogen (secondary N) is 1. The second kappa shape index (κ2) is 6.19. The molecular weight excluding hydrogens is 408 g/mol. The lowest BCUT2D eigenvalue weighted by molar-refractivity contribution is -0.385. The first-order valence-corrected chi connectivity index (χ1v) is 7.10. The van der Waals surface area contributed by atoms with Gasteiger partial charge in [-0.15, -0.1) is 0 Å². The summed E-state index contributed by atoms with van der Waals surface area (Å²) in [7, 11) is 0. The van der Waals surface area contributed by atoms with E-state index in [4.69, 9.17) is 15.9 Å². The fourth-order valence-corrected chi connectivity index (χ4v) is 2.80. The first-order valence-electron chi connectivity index (χ1n) is 5.51. The van der Waals surface area contributed by atoms with Crippen LogP contribution < -0.4 is 10.5 Å². The maximum absolute atomic E-state index is 10.8. The molecule has 0 bridgehead atoms. The minimum Gasteiger partial charge on any atom is -0.437 e. The molecule has 0 amide bonds. The summed E-state index contributed by atoms with van der Waals surface area (Å²) >= 11 is 6.43. The number of nitrogens with two attached hydrogens (primary N) is 1. The standard InChI is InChI=1S/C12H8Br2N4O3/c13-7-4-6(18(19)20)5-8(14)11(7)21-10-3-1-2-9(17-10)12(15)16/h1-5H,(H3,15,16). The molecule has 0 radical (unpaired) electrons. The molecule has 2 rings (SSSR count). The summed E-state index contributed by atoms with van der Waals surface area (Å²) in [5, 5.41) is 18.1.